The van der Waals surface area contributed by atoms with Crippen molar-refractivity contribution >= 4 is 110 Å². The smallest absolute Gasteiger partial charge is 0.252 e. The Labute approximate surface area is 461 Å². The lowest BCUT2D eigenvalue weighted by atomic mass is 10.0. The van der Waals surface area contributed by atoms with Crippen molar-refractivity contribution < 1.29 is 53.6 Å². The maximum Gasteiger partial charge on any atom is 0.252 e. The molecule has 7 N–H and O–H groups in total. The van der Waals surface area contributed by atoms with Crippen LogP contribution >= 0.6 is 46.4 Å². The van der Waals surface area contributed by atoms with Crippen LogP contribution in [0.3, 0.4) is 0 Å². The van der Waals surface area contributed by atoms with Gasteiger partial charge in [0.15, 0.2) is 11.6 Å². The first kappa shape index (κ1) is 64.3. The van der Waals surface area contributed by atoms with Gasteiger partial charge in [-0.1, -0.05) is 94.5 Å². The fourth-order valence-corrected chi connectivity index (χ4v) is 11.0. The molecule has 0 spiro atoms. The van der Waals surface area contributed by atoms with Crippen LogP contribution in [0.2, 0.25) is 51.3 Å². The van der Waals surface area contributed by atoms with E-state index >= 15 is 0 Å². The van der Waals surface area contributed by atoms with E-state index in [0.717, 1.165) is 17.9 Å². The number of benzene rings is 6. The molecule has 404 valence electrons. The highest BCUT2D eigenvalue weighted by Crippen LogP contribution is 2.38. The van der Waals surface area contributed by atoms with Gasteiger partial charge in [-0.15, -0.1) is 0 Å². The summed E-state index contributed by atoms with van der Waals surface area (Å²) in [5.41, 5.74) is 1.09. The van der Waals surface area contributed by atoms with Crippen molar-refractivity contribution in [3.63, 3.8) is 0 Å². The fraction of sp³-hybridized carbons (Fsp3) is 0.235. The molecule has 0 aliphatic carbocycles. The molecule has 0 saturated heterocycles. The third-order valence-electron chi connectivity index (χ3n) is 11.8. The number of carbonyl (C=O) groups is 3. The SMILES string of the molecule is CC(C)(C)[Si](C)(C)Oc1ccc(C(=O)c2ccc(Cl)c(S(N)(=O)=O)c2)cc1.CC(C)(C)[Si](C)(C)Oc1ccccc1.NS(=O)(=O)c1cc(C(=O)Cl)ccc1Cl.NS(=O)(=O)c1cc(C(=O)c2ccc(O)cc2)ccc1Cl. The van der Waals surface area contributed by atoms with Gasteiger partial charge in [0.25, 0.3) is 5.24 Å². The highest BCUT2D eigenvalue weighted by atomic mass is 35.5. The average molecular weight is 1200 g/mol. The predicted octanol–water partition coefficient (Wildman–Crippen LogP) is 12.0. The minimum absolute atomic E-state index is 0.0211. The van der Waals surface area contributed by atoms with E-state index in [9.17, 15) is 44.7 Å². The number of hydrogen-bond donors (Lipinski definition) is 4. The van der Waals surface area contributed by atoms with Crippen molar-refractivity contribution in [1.29, 1.82) is 0 Å². The number of aromatic hydroxyl groups is 1. The summed E-state index contributed by atoms with van der Waals surface area (Å²) < 4.78 is 80.1. The van der Waals surface area contributed by atoms with Crippen LogP contribution in [0.15, 0.2) is 148 Å². The lowest BCUT2D eigenvalue weighted by Crippen LogP contribution is -2.43. The highest BCUT2D eigenvalue weighted by molar-refractivity contribution is 7.89. The molecule has 0 aliphatic rings. The zero-order chi connectivity index (χ0) is 57.3. The number of carbonyl (C=O) groups excluding carboxylic acids is 3. The van der Waals surface area contributed by atoms with Gasteiger partial charge in [-0.05, 0) is 163 Å². The fourth-order valence-electron chi connectivity index (χ4n) is 5.57. The first-order chi connectivity index (χ1) is 34.2. The van der Waals surface area contributed by atoms with E-state index in [-0.39, 0.29) is 68.1 Å². The molecule has 0 aromatic heterocycles. The topological polar surface area (TPSA) is 270 Å². The molecule has 0 fully saturated rings. The Morgan fingerprint density at radius 3 is 1.04 bits per heavy atom. The summed E-state index contributed by atoms with van der Waals surface area (Å²) in [5.74, 6) is 1.02. The zero-order valence-electron chi connectivity index (χ0n) is 42.6. The molecule has 0 saturated carbocycles. The van der Waals surface area contributed by atoms with Crippen molar-refractivity contribution in [2.24, 2.45) is 15.4 Å². The van der Waals surface area contributed by atoms with Crippen molar-refractivity contribution in [2.45, 2.75) is 92.5 Å². The Balaban J connectivity index is 0.000000274. The number of primary sulfonamides is 3. The van der Waals surface area contributed by atoms with E-state index in [1.807, 2.05) is 30.3 Å². The third-order valence-corrected chi connectivity index (χ3v) is 24.9. The number of rotatable bonds is 12. The van der Waals surface area contributed by atoms with Gasteiger partial charge in [-0.3, -0.25) is 14.4 Å². The Hall–Kier alpha value is -4.95. The van der Waals surface area contributed by atoms with Gasteiger partial charge in [0, 0.05) is 27.8 Å². The summed E-state index contributed by atoms with van der Waals surface area (Å²) in [5, 5.41) is 23.6. The van der Waals surface area contributed by atoms with Gasteiger partial charge in [0.1, 0.15) is 31.9 Å². The van der Waals surface area contributed by atoms with E-state index in [1.165, 1.54) is 66.7 Å². The molecular formula is C51H59Cl4N3O12S3Si2. The molecule has 0 bridgehead atoms. The second-order valence-corrected chi connectivity index (χ2v) is 35.2. The van der Waals surface area contributed by atoms with Crippen LogP contribution in [0, 0.1) is 0 Å². The molecule has 75 heavy (non-hydrogen) atoms. The Kier molecular flexibility index (Phi) is 21.9. The second kappa shape index (κ2) is 25.5. The van der Waals surface area contributed by atoms with Crippen LogP contribution in [0.4, 0.5) is 0 Å². The standard InChI is InChI=1S/C19H24ClNO4SSi.C13H10ClNO4S.C12H20OSi.C7H5Cl2NO3S/c1-19(2,3)27(4,5)25-15-9-6-13(7-10-15)18(22)14-8-11-16(20)17(12-14)26(21,23)24;14-11-6-3-9(7-12(11)20(15,18)19)13(17)8-1-4-10(16)5-2-8;1-12(2,3)14(4,5)13-11-9-7-6-8-10-11;8-5-2-1-4(7(9)11)3-6(5)14(10,12)13/h6-12H,1-5H3,(H2,21,23,24);1-7,16H,(H2,15,18,19);6-10H,1-5H3;1-3H,(H2,10,12,13). The number of nitrogens with two attached hydrogens (primary N) is 3. The summed E-state index contributed by atoms with van der Waals surface area (Å²) in [7, 11) is -15.6. The summed E-state index contributed by atoms with van der Waals surface area (Å²) in [4.78, 5) is 34.7. The van der Waals surface area contributed by atoms with Gasteiger partial charge < -0.3 is 14.0 Å². The largest absolute Gasteiger partial charge is 0.544 e. The van der Waals surface area contributed by atoms with Crippen molar-refractivity contribution in [3.8, 4) is 17.2 Å². The Morgan fingerprint density at radius 1 is 0.453 bits per heavy atom. The monoisotopic (exact) mass is 1200 g/mol. The quantitative estimate of drug-likeness (QED) is 0.0506. The minimum Gasteiger partial charge on any atom is -0.544 e. The molecule has 24 heteroatoms. The number of para-hydroxylation sites is 1. The van der Waals surface area contributed by atoms with Crippen LogP contribution in [0.5, 0.6) is 17.2 Å². The second-order valence-electron chi connectivity index (χ2n) is 19.6. The Bertz CT molecular complexity index is 3370. The predicted molar refractivity (Wildman–Crippen MR) is 302 cm³/mol. The van der Waals surface area contributed by atoms with E-state index in [0.29, 0.717) is 16.9 Å². The van der Waals surface area contributed by atoms with E-state index in [1.54, 1.807) is 24.3 Å². The molecule has 0 radical (unpaired) electrons. The van der Waals surface area contributed by atoms with Gasteiger partial charge in [-0.25, -0.2) is 40.7 Å². The summed E-state index contributed by atoms with van der Waals surface area (Å²) in [6.45, 7) is 22.0. The number of phenolic OH excluding ortho intramolecular Hbond substituents is 1. The molecular weight excluding hydrogens is 1140 g/mol. The highest BCUT2D eigenvalue weighted by Gasteiger charge is 2.40. The maximum atomic E-state index is 12.7. The van der Waals surface area contributed by atoms with Crippen molar-refractivity contribution in [2.75, 3.05) is 0 Å². The molecule has 0 aliphatic heterocycles. The van der Waals surface area contributed by atoms with E-state index in [2.05, 4.69) is 67.7 Å². The molecule has 6 aromatic carbocycles. The number of phenols is 1. The molecule has 6 aromatic rings. The number of halogens is 4. The first-order valence-corrected chi connectivity index (χ1v) is 34.2. The summed E-state index contributed by atoms with van der Waals surface area (Å²) in [6.07, 6.45) is 0. The van der Waals surface area contributed by atoms with Crippen LogP contribution < -0.4 is 24.3 Å². The number of ketones is 2. The lowest BCUT2D eigenvalue weighted by molar-refractivity contribution is 0.103. The molecule has 0 amide bonds. The average Bonchev–Trinajstić information content (AvgIpc) is 3.28. The molecule has 0 atom stereocenters. The lowest BCUT2D eigenvalue weighted by Gasteiger charge is -2.36. The van der Waals surface area contributed by atoms with Crippen LogP contribution in [0.1, 0.15) is 83.7 Å². The third kappa shape index (κ3) is 18.9. The minimum atomic E-state index is -4.01. The van der Waals surface area contributed by atoms with Crippen LogP contribution in [-0.2, 0) is 30.1 Å². The molecule has 6 rings (SSSR count). The van der Waals surface area contributed by atoms with Crippen LogP contribution in [-0.4, -0.2) is 63.8 Å². The molecule has 0 unspecified atom stereocenters. The molecule has 15 nitrogen and oxygen atoms in total. The first-order valence-electron chi connectivity index (χ1n) is 22.2. The number of hydrogen-bond acceptors (Lipinski definition) is 12. The van der Waals surface area contributed by atoms with Crippen molar-refractivity contribution in [1.82, 2.24) is 0 Å². The van der Waals surface area contributed by atoms with Crippen molar-refractivity contribution in [3.05, 3.63) is 176 Å². The van der Waals surface area contributed by atoms with Crippen LogP contribution in [0.25, 0.3) is 0 Å². The van der Waals surface area contributed by atoms with E-state index in [4.69, 9.17) is 70.7 Å². The number of sulfonamides is 3. The summed E-state index contributed by atoms with van der Waals surface area (Å²) in [6, 6.07) is 34.0. The van der Waals surface area contributed by atoms with Gasteiger partial charge >= 0.3 is 0 Å². The normalized spacial score (nSPS) is 12.1. The molecule has 0 heterocycles. The summed E-state index contributed by atoms with van der Waals surface area (Å²) >= 11 is 22.3. The maximum absolute atomic E-state index is 12.7. The zero-order valence-corrected chi connectivity index (χ0v) is 50.1. The van der Waals surface area contributed by atoms with E-state index < -0.39 is 57.7 Å². The van der Waals surface area contributed by atoms with Gasteiger partial charge in [0.05, 0.1) is 15.1 Å². The Morgan fingerprint density at radius 2 is 0.733 bits per heavy atom. The van der Waals surface area contributed by atoms with Gasteiger partial charge in [-0.2, -0.15) is 0 Å². The van der Waals surface area contributed by atoms with Gasteiger partial charge in [0.2, 0.25) is 46.7 Å².